The number of imidazole rings is 1. The fourth-order valence-corrected chi connectivity index (χ4v) is 5.64. The lowest BCUT2D eigenvalue weighted by Gasteiger charge is -2.42. The van der Waals surface area contributed by atoms with E-state index in [0.29, 0.717) is 10.9 Å². The molecule has 162 valence electrons. The molecule has 1 aromatic carbocycles. The normalized spacial score (nSPS) is 22.7. The Balaban J connectivity index is 1.13. The molecule has 0 unspecified atom stereocenters. The van der Waals surface area contributed by atoms with Crippen molar-refractivity contribution in [1.82, 2.24) is 19.8 Å². The molecule has 6 nitrogen and oxygen atoms in total. The van der Waals surface area contributed by atoms with E-state index in [1.807, 2.05) is 18.2 Å². The molecule has 2 saturated heterocycles. The van der Waals surface area contributed by atoms with Gasteiger partial charge in [-0.25, -0.2) is 4.98 Å². The number of fused-ring (bicyclic) bond motifs is 1. The third-order valence-corrected chi connectivity index (χ3v) is 7.53. The van der Waals surface area contributed by atoms with E-state index in [1.54, 1.807) is 0 Å². The fourth-order valence-electron chi connectivity index (χ4n) is 5.47. The Labute approximate surface area is 183 Å². The van der Waals surface area contributed by atoms with E-state index in [1.165, 1.54) is 32.1 Å². The summed E-state index contributed by atoms with van der Waals surface area (Å²) in [6.45, 7) is 5.64. The number of piperazine rings is 1. The predicted molar refractivity (Wildman–Crippen MR) is 121 cm³/mol. The first-order chi connectivity index (χ1) is 14.7. The van der Waals surface area contributed by atoms with E-state index in [0.717, 1.165) is 75.1 Å². The minimum absolute atomic E-state index is 0.154. The zero-order valence-corrected chi connectivity index (χ0v) is 18.4. The van der Waals surface area contributed by atoms with Gasteiger partial charge >= 0.3 is 0 Å². The van der Waals surface area contributed by atoms with Crippen LogP contribution in [0.2, 0.25) is 5.02 Å². The Morgan fingerprint density at radius 1 is 0.967 bits per heavy atom. The Kier molecular flexibility index (Phi) is 5.87. The molecule has 30 heavy (non-hydrogen) atoms. The quantitative estimate of drug-likeness (QED) is 0.803. The lowest BCUT2D eigenvalue weighted by molar-refractivity contribution is -0.138. The van der Waals surface area contributed by atoms with Gasteiger partial charge < -0.3 is 14.8 Å². The number of hydrogen-bond donors (Lipinski definition) is 1. The molecule has 1 saturated carbocycles. The first kappa shape index (κ1) is 20.1. The largest absolute Gasteiger partial charge is 0.342 e. The van der Waals surface area contributed by atoms with E-state index in [9.17, 15) is 4.79 Å². The van der Waals surface area contributed by atoms with Crippen molar-refractivity contribution >= 4 is 34.5 Å². The minimum atomic E-state index is 0.154. The Bertz CT molecular complexity index is 877. The lowest BCUT2D eigenvalue weighted by Crippen LogP contribution is -2.54. The van der Waals surface area contributed by atoms with E-state index in [4.69, 9.17) is 16.6 Å². The van der Waals surface area contributed by atoms with Gasteiger partial charge in [-0.3, -0.25) is 9.69 Å². The topological polar surface area (TPSA) is 55.5 Å². The third kappa shape index (κ3) is 4.17. The maximum absolute atomic E-state index is 13.1. The number of amides is 1. The second-order valence-electron chi connectivity index (χ2n) is 9.14. The molecule has 2 aliphatic heterocycles. The number of nitrogens with one attached hydrogen (secondary N) is 1. The molecule has 0 radical (unpaired) electrons. The maximum atomic E-state index is 13.1. The van der Waals surface area contributed by atoms with E-state index in [2.05, 4.69) is 19.7 Å². The van der Waals surface area contributed by atoms with Crippen LogP contribution in [0, 0.1) is 5.92 Å². The Hall–Kier alpha value is -1.79. The number of piperidine rings is 1. The standard InChI is InChI=1S/C23H32ClN5O/c24-18-6-7-20-21(16-18)26-23(25-20)29-10-8-17(9-11-29)22(30)28-14-12-27(13-15-28)19-4-2-1-3-5-19/h6-7,16-17,19H,1-5,8-15H2,(H,25,26). The second kappa shape index (κ2) is 8.75. The van der Waals surface area contributed by atoms with Crippen molar-refractivity contribution in [2.75, 3.05) is 44.2 Å². The van der Waals surface area contributed by atoms with Crippen LogP contribution in [0.5, 0.6) is 0 Å². The summed E-state index contributed by atoms with van der Waals surface area (Å²) in [5.74, 6) is 1.41. The lowest BCUT2D eigenvalue weighted by atomic mass is 9.93. The van der Waals surface area contributed by atoms with Crippen LogP contribution in [0.25, 0.3) is 11.0 Å². The highest BCUT2D eigenvalue weighted by Crippen LogP contribution is 2.27. The molecular formula is C23H32ClN5O. The van der Waals surface area contributed by atoms with E-state index >= 15 is 0 Å². The predicted octanol–water partition coefficient (Wildman–Crippen LogP) is 3.91. The second-order valence-corrected chi connectivity index (χ2v) is 9.57. The highest BCUT2D eigenvalue weighted by Gasteiger charge is 2.32. The van der Waals surface area contributed by atoms with Crippen molar-refractivity contribution in [3.63, 3.8) is 0 Å². The first-order valence-corrected chi connectivity index (χ1v) is 12.0. The summed E-state index contributed by atoms with van der Waals surface area (Å²) >= 11 is 6.09. The van der Waals surface area contributed by atoms with Crippen LogP contribution in [-0.2, 0) is 4.79 Å². The van der Waals surface area contributed by atoms with Crippen LogP contribution < -0.4 is 4.90 Å². The smallest absolute Gasteiger partial charge is 0.225 e. The summed E-state index contributed by atoms with van der Waals surface area (Å²) in [6.07, 6.45) is 8.65. The SMILES string of the molecule is O=C(C1CCN(c2nc3ccc(Cl)cc3[nH]2)CC1)N1CCN(C2CCCCC2)CC1. The maximum Gasteiger partial charge on any atom is 0.225 e. The number of aromatic nitrogens is 2. The molecular weight excluding hydrogens is 398 g/mol. The molecule has 1 aliphatic carbocycles. The average Bonchev–Trinajstić information content (AvgIpc) is 3.23. The molecule has 2 aromatic rings. The molecule has 1 amide bonds. The molecule has 0 atom stereocenters. The van der Waals surface area contributed by atoms with E-state index in [-0.39, 0.29) is 5.92 Å². The number of benzene rings is 1. The van der Waals surface area contributed by atoms with Crippen LogP contribution in [-0.4, -0.2) is 71.0 Å². The average molecular weight is 430 g/mol. The minimum Gasteiger partial charge on any atom is -0.342 e. The molecule has 5 rings (SSSR count). The van der Waals surface area contributed by atoms with Gasteiger partial charge in [0.15, 0.2) is 0 Å². The molecule has 3 fully saturated rings. The van der Waals surface area contributed by atoms with Crippen molar-refractivity contribution in [2.24, 2.45) is 5.92 Å². The van der Waals surface area contributed by atoms with Crippen molar-refractivity contribution in [3.8, 4) is 0 Å². The van der Waals surface area contributed by atoms with Crippen LogP contribution in [0.1, 0.15) is 44.9 Å². The van der Waals surface area contributed by atoms with Gasteiger partial charge in [0, 0.05) is 56.3 Å². The summed E-state index contributed by atoms with van der Waals surface area (Å²) in [4.78, 5) is 28.2. The van der Waals surface area contributed by atoms with Crippen LogP contribution >= 0.6 is 11.6 Å². The number of hydrogen-bond acceptors (Lipinski definition) is 4. The highest BCUT2D eigenvalue weighted by molar-refractivity contribution is 6.31. The molecule has 3 aliphatic rings. The monoisotopic (exact) mass is 429 g/mol. The molecule has 1 N–H and O–H groups in total. The van der Waals surface area contributed by atoms with Crippen molar-refractivity contribution < 1.29 is 4.79 Å². The number of carbonyl (C=O) groups is 1. The van der Waals surface area contributed by atoms with Gasteiger partial charge in [-0.05, 0) is 43.9 Å². The number of H-pyrrole nitrogens is 1. The number of anilines is 1. The fraction of sp³-hybridized carbons (Fsp3) is 0.652. The van der Waals surface area contributed by atoms with Crippen molar-refractivity contribution in [3.05, 3.63) is 23.2 Å². The Morgan fingerprint density at radius 3 is 2.43 bits per heavy atom. The molecule has 3 heterocycles. The number of carbonyl (C=O) groups excluding carboxylic acids is 1. The van der Waals surface area contributed by atoms with Crippen molar-refractivity contribution in [2.45, 2.75) is 51.0 Å². The van der Waals surface area contributed by atoms with Gasteiger partial charge in [0.05, 0.1) is 11.0 Å². The van der Waals surface area contributed by atoms with Crippen LogP contribution in [0.4, 0.5) is 5.95 Å². The number of nitrogens with zero attached hydrogens (tertiary/aromatic N) is 4. The van der Waals surface area contributed by atoms with Gasteiger partial charge in [-0.2, -0.15) is 0 Å². The highest BCUT2D eigenvalue weighted by atomic mass is 35.5. The molecule has 1 aromatic heterocycles. The number of halogens is 1. The van der Waals surface area contributed by atoms with Gasteiger partial charge in [0.25, 0.3) is 0 Å². The van der Waals surface area contributed by atoms with E-state index < -0.39 is 0 Å². The van der Waals surface area contributed by atoms with Gasteiger partial charge in [-0.15, -0.1) is 0 Å². The summed E-state index contributed by atoms with van der Waals surface area (Å²) in [5.41, 5.74) is 1.90. The summed E-state index contributed by atoms with van der Waals surface area (Å²) in [5, 5.41) is 0.714. The zero-order valence-electron chi connectivity index (χ0n) is 17.7. The van der Waals surface area contributed by atoms with Gasteiger partial charge in [0.1, 0.15) is 0 Å². The zero-order chi connectivity index (χ0) is 20.5. The van der Waals surface area contributed by atoms with Gasteiger partial charge in [-0.1, -0.05) is 30.9 Å². The molecule has 0 spiro atoms. The number of aromatic amines is 1. The summed E-state index contributed by atoms with van der Waals surface area (Å²) < 4.78 is 0. The molecule has 0 bridgehead atoms. The third-order valence-electron chi connectivity index (χ3n) is 7.29. The van der Waals surface area contributed by atoms with Crippen molar-refractivity contribution in [1.29, 1.82) is 0 Å². The van der Waals surface area contributed by atoms with Crippen LogP contribution in [0.3, 0.4) is 0 Å². The first-order valence-electron chi connectivity index (χ1n) is 11.6. The summed E-state index contributed by atoms with van der Waals surface area (Å²) in [7, 11) is 0. The molecule has 7 heteroatoms. The summed E-state index contributed by atoms with van der Waals surface area (Å²) in [6, 6.07) is 6.49. The number of rotatable bonds is 3. The van der Waals surface area contributed by atoms with Crippen LogP contribution in [0.15, 0.2) is 18.2 Å². The Morgan fingerprint density at radius 2 is 1.70 bits per heavy atom. The van der Waals surface area contributed by atoms with Gasteiger partial charge in [0.2, 0.25) is 11.9 Å².